The summed E-state index contributed by atoms with van der Waals surface area (Å²) in [5.41, 5.74) is 3.89. The van der Waals surface area contributed by atoms with Crippen LogP contribution < -0.4 is 31.3 Å². The molecular weight excluding hydrogens is 1060 g/mol. The number of unbranched alkanes of at least 4 members (excludes halogenated alkanes) is 1. The number of urea groups is 1. The van der Waals surface area contributed by atoms with E-state index in [4.69, 9.17) is 41.1 Å². The second kappa shape index (κ2) is 32.9. The lowest BCUT2D eigenvalue weighted by molar-refractivity contribution is -0.164. The molecule has 1 saturated carbocycles. The summed E-state index contributed by atoms with van der Waals surface area (Å²) in [5.74, 6) is 3.08. The third kappa shape index (κ3) is 22.0. The number of aromatic nitrogens is 3. The standard InChI is InChI=1S/C55H70ClF2N11O9S/c1-67(23-28-76-30-29-74-26-20-45(66-59)37-60-21-27-75-31-32-78-49-16-12-44(13-17-49)63-53(73)65-54-64-46(19-24-70)39-79-54)22-3-4-25-77-48-14-7-40(8-15-48)9-18-50(71)69(47-33-55(57,58)34-47)51(42-36-62-68(2)38-42)52(72)61-35-41-5-10-43(56)11-6-41/h5-8,10-17,24,36-39,47,51H,3-4,9,18-23,25-35,59H2,1-2H3,(H,61,72)(H2,63,64,65,73)/b60-37?,66-45-. The first-order chi connectivity index (χ1) is 38.3. The Morgan fingerprint density at radius 3 is 2.25 bits per heavy atom. The molecule has 0 aliphatic heterocycles. The summed E-state index contributed by atoms with van der Waals surface area (Å²) >= 11 is 7.27. The fraction of sp³-hybridized carbons (Fsp3) is 0.455. The van der Waals surface area contributed by atoms with E-state index in [1.807, 2.05) is 31.3 Å². The zero-order valence-electron chi connectivity index (χ0n) is 44.5. The number of thiazole rings is 1. The maximum atomic E-state index is 14.3. The lowest BCUT2D eigenvalue weighted by Crippen LogP contribution is -2.56. The summed E-state index contributed by atoms with van der Waals surface area (Å²) in [6, 6.07) is 19.0. The van der Waals surface area contributed by atoms with Gasteiger partial charge in [-0.25, -0.2) is 18.6 Å². The normalized spacial score (nSPS) is 13.7. The number of ether oxygens (including phenoxy) is 5. The van der Waals surface area contributed by atoms with Crippen LogP contribution in [0.5, 0.6) is 11.5 Å². The Bertz CT molecular complexity index is 2710. The van der Waals surface area contributed by atoms with Crippen LogP contribution in [0.2, 0.25) is 5.02 Å². The highest BCUT2D eigenvalue weighted by molar-refractivity contribution is 7.14. The lowest BCUT2D eigenvalue weighted by atomic mass is 9.84. The molecule has 0 radical (unpaired) electrons. The molecule has 1 fully saturated rings. The molecule has 20 nitrogen and oxygen atoms in total. The molecule has 4 amide bonds. The van der Waals surface area contributed by atoms with Crippen molar-refractivity contribution in [1.29, 1.82) is 0 Å². The molecule has 0 spiro atoms. The Kier molecular flexibility index (Phi) is 25.5. The third-order valence-electron chi connectivity index (χ3n) is 12.4. The van der Waals surface area contributed by atoms with Gasteiger partial charge in [0, 0.05) is 92.3 Å². The van der Waals surface area contributed by atoms with Crippen molar-refractivity contribution < 1.29 is 51.6 Å². The van der Waals surface area contributed by atoms with Gasteiger partial charge in [0.25, 0.3) is 5.92 Å². The highest BCUT2D eigenvalue weighted by Crippen LogP contribution is 2.43. The Balaban J connectivity index is 0.759. The number of alkyl halides is 2. The van der Waals surface area contributed by atoms with E-state index >= 15 is 0 Å². The summed E-state index contributed by atoms with van der Waals surface area (Å²) in [5, 5.41) is 18.9. The number of nitrogens with two attached hydrogens (primary N) is 1. The van der Waals surface area contributed by atoms with Gasteiger partial charge in [-0.05, 0) is 92.5 Å². The minimum Gasteiger partial charge on any atom is -0.494 e. The van der Waals surface area contributed by atoms with Gasteiger partial charge in [-0.15, -0.1) is 11.3 Å². The SMILES string of the molecule is CN(CCCCOc1ccc(CCC(=O)N(C2CC(F)(F)C2)C(C(=O)NCc2ccc(Cl)cc2)c2cnn(C)c2)cc1)CCOCCOCC/C(C=NCCOCCOc1ccc(NC(=O)Nc2nc(CC=O)cs2)cc1)=N/N. The molecule has 0 bridgehead atoms. The predicted octanol–water partition coefficient (Wildman–Crippen LogP) is 7.53. The number of nitrogens with zero attached hydrogens (tertiary/aromatic N) is 7. The lowest BCUT2D eigenvalue weighted by Gasteiger charge is -2.45. The number of aldehydes is 1. The molecule has 1 unspecified atom stereocenters. The monoisotopic (exact) mass is 1130 g/mol. The largest absolute Gasteiger partial charge is 0.494 e. The van der Waals surface area contributed by atoms with Gasteiger partial charge >= 0.3 is 6.03 Å². The summed E-state index contributed by atoms with van der Waals surface area (Å²) in [6.07, 6.45) is 7.32. The van der Waals surface area contributed by atoms with Crippen LogP contribution in [0.25, 0.3) is 0 Å². The van der Waals surface area contributed by atoms with Crippen molar-refractivity contribution in [3.05, 3.63) is 118 Å². The van der Waals surface area contributed by atoms with E-state index in [2.05, 4.69) is 41.0 Å². The second-order valence-corrected chi connectivity index (χ2v) is 19.9. The van der Waals surface area contributed by atoms with Crippen LogP contribution in [0.3, 0.4) is 0 Å². The number of amides is 4. The molecule has 426 valence electrons. The summed E-state index contributed by atoms with van der Waals surface area (Å²) in [7, 11) is 3.74. The molecule has 1 aliphatic rings. The summed E-state index contributed by atoms with van der Waals surface area (Å²) in [4.78, 5) is 62.7. The average Bonchev–Trinajstić information content (AvgIpc) is 4.12. The first-order valence-electron chi connectivity index (χ1n) is 26.1. The summed E-state index contributed by atoms with van der Waals surface area (Å²) in [6.45, 7) is 5.75. The molecule has 24 heteroatoms. The van der Waals surface area contributed by atoms with E-state index < -0.39 is 48.7 Å². The van der Waals surface area contributed by atoms with Crippen molar-refractivity contribution >= 4 is 69.8 Å². The van der Waals surface area contributed by atoms with Crippen molar-refractivity contribution in [2.75, 3.05) is 90.2 Å². The van der Waals surface area contributed by atoms with E-state index in [9.17, 15) is 28.0 Å². The van der Waals surface area contributed by atoms with Gasteiger partial charge in [0.1, 0.15) is 30.4 Å². The van der Waals surface area contributed by atoms with Gasteiger partial charge in [-0.3, -0.25) is 24.6 Å². The fourth-order valence-corrected chi connectivity index (χ4v) is 8.98. The second-order valence-electron chi connectivity index (χ2n) is 18.6. The number of aryl methyl sites for hydroxylation is 2. The molecular formula is C55H70ClF2N11O9S. The van der Waals surface area contributed by atoms with Gasteiger partial charge in [0.05, 0.1) is 70.4 Å². The van der Waals surface area contributed by atoms with E-state index in [1.54, 1.807) is 73.4 Å². The third-order valence-corrected chi connectivity index (χ3v) is 13.4. The quantitative estimate of drug-likeness (QED) is 0.00999. The molecule has 1 aliphatic carbocycles. The molecule has 5 aromatic rings. The molecule has 0 saturated heterocycles. The molecule has 79 heavy (non-hydrogen) atoms. The number of hydrazone groups is 1. The number of aliphatic imine (C=N–C) groups is 1. The Hall–Kier alpha value is -6.89. The van der Waals surface area contributed by atoms with Gasteiger partial charge in [-0.1, -0.05) is 35.9 Å². The number of nitrogens with one attached hydrogen (secondary N) is 3. The molecule has 2 aromatic heterocycles. The summed E-state index contributed by atoms with van der Waals surface area (Å²) < 4.78 is 58.8. The van der Waals surface area contributed by atoms with Gasteiger partial charge in [0.15, 0.2) is 5.13 Å². The topological polar surface area (TPSA) is 238 Å². The molecule has 2 heterocycles. The van der Waals surface area contributed by atoms with Gasteiger partial charge in [0.2, 0.25) is 11.8 Å². The van der Waals surface area contributed by atoms with E-state index in [0.29, 0.717) is 117 Å². The van der Waals surface area contributed by atoms with E-state index in [0.717, 1.165) is 43.3 Å². The van der Waals surface area contributed by atoms with Gasteiger partial charge < -0.3 is 54.8 Å². The molecule has 1 atom stereocenters. The van der Waals surface area contributed by atoms with Crippen LogP contribution in [-0.2, 0) is 55.0 Å². The van der Waals surface area contributed by atoms with Crippen molar-refractivity contribution in [3.63, 3.8) is 0 Å². The average molecular weight is 1130 g/mol. The number of benzene rings is 3. The molecule has 6 rings (SSSR count). The smallest absolute Gasteiger partial charge is 0.325 e. The Morgan fingerprint density at radius 1 is 0.873 bits per heavy atom. The molecule has 5 N–H and O–H groups in total. The Labute approximate surface area is 468 Å². The number of anilines is 2. The number of likely N-dealkylation sites (N-methyl/N-ethyl adjacent to an activating group) is 1. The van der Waals surface area contributed by atoms with Crippen LogP contribution in [0.4, 0.5) is 24.4 Å². The van der Waals surface area contributed by atoms with E-state index in [-0.39, 0.29) is 19.4 Å². The van der Waals surface area contributed by atoms with Crippen LogP contribution in [0.15, 0.2) is 101 Å². The minimum absolute atomic E-state index is 0.0204. The van der Waals surface area contributed by atoms with Crippen molar-refractivity contribution in [2.24, 2.45) is 23.0 Å². The van der Waals surface area contributed by atoms with Crippen LogP contribution >= 0.6 is 22.9 Å². The maximum Gasteiger partial charge on any atom is 0.325 e. The first-order valence-corrected chi connectivity index (χ1v) is 27.3. The highest BCUT2D eigenvalue weighted by Gasteiger charge is 2.52. The van der Waals surface area contributed by atoms with Crippen molar-refractivity contribution in [3.8, 4) is 11.5 Å². The van der Waals surface area contributed by atoms with Crippen molar-refractivity contribution in [1.82, 2.24) is 29.9 Å². The van der Waals surface area contributed by atoms with Crippen LogP contribution in [0, 0.1) is 0 Å². The van der Waals surface area contributed by atoms with Crippen LogP contribution in [0.1, 0.15) is 67.0 Å². The zero-order valence-corrected chi connectivity index (χ0v) is 46.1. The fourth-order valence-electron chi connectivity index (χ4n) is 8.14. The highest BCUT2D eigenvalue weighted by atomic mass is 35.5. The number of carbonyl (C=O) groups excluding carboxylic acids is 4. The van der Waals surface area contributed by atoms with E-state index in [1.165, 1.54) is 27.1 Å². The minimum atomic E-state index is -2.91. The Morgan fingerprint density at radius 2 is 1.56 bits per heavy atom. The van der Waals surface area contributed by atoms with Crippen molar-refractivity contribution in [2.45, 2.75) is 75.9 Å². The number of rotatable bonds is 36. The van der Waals surface area contributed by atoms with Gasteiger partial charge in [-0.2, -0.15) is 10.2 Å². The first kappa shape index (κ1) is 61.3. The predicted molar refractivity (Wildman–Crippen MR) is 300 cm³/mol. The van der Waals surface area contributed by atoms with Crippen LogP contribution in [-0.4, -0.2) is 152 Å². The number of hydrogen-bond donors (Lipinski definition) is 4. The molecule has 3 aromatic carbocycles. The zero-order chi connectivity index (χ0) is 56.2. The maximum absolute atomic E-state index is 14.3. The number of halogens is 3. The number of carbonyl (C=O) groups is 4. The number of hydrogen-bond acceptors (Lipinski definition) is 16.